The van der Waals surface area contributed by atoms with Gasteiger partial charge in [0.2, 0.25) is 0 Å². The number of thioether (sulfide) groups is 1. The lowest BCUT2D eigenvalue weighted by atomic mass is 10.2. The predicted octanol–water partition coefficient (Wildman–Crippen LogP) is 2.50. The molecule has 2 N–H and O–H groups in total. The monoisotopic (exact) mass is 175 g/mol. The molecule has 0 aromatic carbocycles. The van der Waals surface area contributed by atoms with Gasteiger partial charge in [0.15, 0.2) is 0 Å². The zero-order valence-electron chi connectivity index (χ0n) is 7.97. The topological polar surface area (TPSA) is 26.0 Å². The minimum absolute atomic E-state index is 0.681. The van der Waals surface area contributed by atoms with E-state index in [1.54, 1.807) is 0 Å². The summed E-state index contributed by atoms with van der Waals surface area (Å²) in [7, 11) is 0. The largest absolute Gasteiger partial charge is 0.330 e. The van der Waals surface area contributed by atoms with Gasteiger partial charge in [0.1, 0.15) is 0 Å². The summed E-state index contributed by atoms with van der Waals surface area (Å²) >= 11 is 2.07. The van der Waals surface area contributed by atoms with E-state index in [9.17, 15) is 0 Å². The van der Waals surface area contributed by atoms with Crippen LogP contribution in [0.25, 0.3) is 0 Å². The first-order chi connectivity index (χ1) is 5.24. The lowest BCUT2D eigenvalue weighted by Gasteiger charge is -2.14. The average Bonchev–Trinajstić information content (AvgIpc) is 2.06. The molecule has 0 bridgehead atoms. The zero-order chi connectivity index (χ0) is 8.69. The second-order valence-electron chi connectivity index (χ2n) is 3.11. The predicted molar refractivity (Wildman–Crippen MR) is 55.0 cm³/mol. The molecule has 0 aliphatic carbocycles. The molecule has 0 saturated heterocycles. The summed E-state index contributed by atoms with van der Waals surface area (Å²) in [5.74, 6) is 1.91. The highest BCUT2D eigenvalue weighted by Gasteiger charge is 2.05. The van der Waals surface area contributed by atoms with E-state index in [0.29, 0.717) is 5.92 Å². The third kappa shape index (κ3) is 5.57. The van der Waals surface area contributed by atoms with E-state index in [-0.39, 0.29) is 0 Å². The molecule has 0 aromatic heterocycles. The molecule has 0 amide bonds. The third-order valence-electron chi connectivity index (χ3n) is 1.93. The van der Waals surface area contributed by atoms with Gasteiger partial charge in [0, 0.05) is 5.25 Å². The van der Waals surface area contributed by atoms with Crippen LogP contribution < -0.4 is 5.73 Å². The average molecular weight is 175 g/mol. The molecule has 0 heterocycles. The Kier molecular flexibility index (Phi) is 7.18. The van der Waals surface area contributed by atoms with E-state index in [1.165, 1.54) is 18.6 Å². The van der Waals surface area contributed by atoms with Gasteiger partial charge in [-0.2, -0.15) is 11.8 Å². The summed E-state index contributed by atoms with van der Waals surface area (Å²) < 4.78 is 0. The molecule has 1 nitrogen and oxygen atoms in total. The Morgan fingerprint density at radius 2 is 1.82 bits per heavy atom. The Labute approximate surface area is 75.1 Å². The van der Waals surface area contributed by atoms with Gasteiger partial charge >= 0.3 is 0 Å². The van der Waals surface area contributed by atoms with Crippen molar-refractivity contribution in [1.29, 1.82) is 0 Å². The maximum atomic E-state index is 5.53. The van der Waals surface area contributed by atoms with Crippen LogP contribution in [-0.4, -0.2) is 17.5 Å². The molecule has 1 atom stereocenters. The summed E-state index contributed by atoms with van der Waals surface area (Å²) in [6.07, 6.45) is 2.58. The van der Waals surface area contributed by atoms with E-state index in [4.69, 9.17) is 5.73 Å². The molecule has 0 spiro atoms. The van der Waals surface area contributed by atoms with Crippen molar-refractivity contribution in [2.24, 2.45) is 11.7 Å². The highest BCUT2D eigenvalue weighted by atomic mass is 32.2. The fourth-order valence-corrected chi connectivity index (χ4v) is 2.10. The van der Waals surface area contributed by atoms with Gasteiger partial charge < -0.3 is 5.73 Å². The standard InChI is InChI=1S/C9H21NS/c1-4-9(5-2)11-7-8(3)6-10/h8-9H,4-7,10H2,1-3H3. The third-order valence-corrected chi connectivity index (χ3v) is 3.83. The number of rotatable bonds is 6. The van der Waals surface area contributed by atoms with Gasteiger partial charge in [-0.25, -0.2) is 0 Å². The lowest BCUT2D eigenvalue weighted by molar-refractivity contribution is 0.670. The van der Waals surface area contributed by atoms with E-state index < -0.39 is 0 Å². The smallest absolute Gasteiger partial charge is 0.00419 e. The first-order valence-electron chi connectivity index (χ1n) is 4.56. The van der Waals surface area contributed by atoms with Crippen molar-refractivity contribution < 1.29 is 0 Å². The minimum atomic E-state index is 0.681. The normalized spacial score (nSPS) is 13.9. The molecule has 0 aliphatic heterocycles. The molecule has 1 unspecified atom stereocenters. The van der Waals surface area contributed by atoms with Crippen molar-refractivity contribution in [3.05, 3.63) is 0 Å². The van der Waals surface area contributed by atoms with Crippen molar-refractivity contribution in [3.8, 4) is 0 Å². The van der Waals surface area contributed by atoms with Crippen LogP contribution >= 0.6 is 11.8 Å². The quantitative estimate of drug-likeness (QED) is 0.671. The molecular weight excluding hydrogens is 154 g/mol. The second-order valence-corrected chi connectivity index (χ2v) is 4.45. The highest BCUT2D eigenvalue weighted by Crippen LogP contribution is 2.19. The molecule has 0 radical (unpaired) electrons. The van der Waals surface area contributed by atoms with E-state index in [1.807, 2.05) is 0 Å². The SMILES string of the molecule is CCC(CC)SCC(C)CN. The first-order valence-corrected chi connectivity index (χ1v) is 5.61. The van der Waals surface area contributed by atoms with Gasteiger partial charge in [-0.15, -0.1) is 0 Å². The number of nitrogens with two attached hydrogens (primary N) is 1. The van der Waals surface area contributed by atoms with Crippen LogP contribution in [0.1, 0.15) is 33.6 Å². The van der Waals surface area contributed by atoms with Crippen LogP contribution in [0.15, 0.2) is 0 Å². The Morgan fingerprint density at radius 3 is 2.18 bits per heavy atom. The molecule has 0 fully saturated rings. The van der Waals surface area contributed by atoms with Gasteiger partial charge in [-0.05, 0) is 31.1 Å². The van der Waals surface area contributed by atoms with Crippen molar-refractivity contribution >= 4 is 11.8 Å². The van der Waals surface area contributed by atoms with Crippen molar-refractivity contribution in [1.82, 2.24) is 0 Å². The van der Waals surface area contributed by atoms with Crippen LogP contribution in [0.5, 0.6) is 0 Å². The highest BCUT2D eigenvalue weighted by molar-refractivity contribution is 7.99. The van der Waals surface area contributed by atoms with Crippen LogP contribution in [0.3, 0.4) is 0 Å². The van der Waals surface area contributed by atoms with E-state index in [2.05, 4.69) is 32.5 Å². The van der Waals surface area contributed by atoms with Crippen molar-refractivity contribution in [2.75, 3.05) is 12.3 Å². The van der Waals surface area contributed by atoms with Crippen molar-refractivity contribution in [2.45, 2.75) is 38.9 Å². The number of hydrogen-bond acceptors (Lipinski definition) is 2. The maximum Gasteiger partial charge on any atom is 0.00419 e. The summed E-state index contributed by atoms with van der Waals surface area (Å²) in [4.78, 5) is 0. The Hall–Kier alpha value is 0.310. The van der Waals surface area contributed by atoms with Gasteiger partial charge in [0.25, 0.3) is 0 Å². The van der Waals surface area contributed by atoms with Crippen LogP contribution in [0, 0.1) is 5.92 Å². The van der Waals surface area contributed by atoms with Gasteiger partial charge in [-0.1, -0.05) is 20.8 Å². The zero-order valence-corrected chi connectivity index (χ0v) is 8.79. The van der Waals surface area contributed by atoms with Crippen molar-refractivity contribution in [3.63, 3.8) is 0 Å². The molecule has 68 valence electrons. The maximum absolute atomic E-state index is 5.53. The second kappa shape index (κ2) is 6.99. The molecule has 11 heavy (non-hydrogen) atoms. The molecule has 0 aromatic rings. The van der Waals surface area contributed by atoms with Crippen LogP contribution in [0.2, 0.25) is 0 Å². The molecule has 2 heteroatoms. The fourth-order valence-electron chi connectivity index (χ4n) is 0.893. The van der Waals surface area contributed by atoms with Crippen LogP contribution in [-0.2, 0) is 0 Å². The van der Waals surface area contributed by atoms with E-state index in [0.717, 1.165) is 11.8 Å². The molecule has 0 aliphatic rings. The lowest BCUT2D eigenvalue weighted by Crippen LogP contribution is -2.14. The summed E-state index contributed by atoms with van der Waals surface area (Å²) in [5.41, 5.74) is 5.53. The minimum Gasteiger partial charge on any atom is -0.330 e. The molecular formula is C9H21NS. The number of hydrogen-bond donors (Lipinski definition) is 1. The summed E-state index contributed by atoms with van der Waals surface area (Å²) in [6, 6.07) is 0. The fraction of sp³-hybridized carbons (Fsp3) is 1.00. The Morgan fingerprint density at radius 1 is 1.27 bits per heavy atom. The summed E-state index contributed by atoms with van der Waals surface area (Å²) in [6.45, 7) is 7.56. The van der Waals surface area contributed by atoms with Crippen LogP contribution in [0.4, 0.5) is 0 Å². The van der Waals surface area contributed by atoms with Gasteiger partial charge in [0.05, 0.1) is 0 Å². The molecule has 0 saturated carbocycles. The summed E-state index contributed by atoms with van der Waals surface area (Å²) in [5, 5.41) is 0.851. The molecule has 0 rings (SSSR count). The van der Waals surface area contributed by atoms with E-state index >= 15 is 0 Å². The Bertz CT molecular complexity index is 81.6. The Balaban J connectivity index is 3.34. The van der Waals surface area contributed by atoms with Gasteiger partial charge in [-0.3, -0.25) is 0 Å². The first kappa shape index (κ1) is 11.3.